The summed E-state index contributed by atoms with van der Waals surface area (Å²) in [5.41, 5.74) is 0.867. The maximum atomic E-state index is 12.2. The number of ether oxygens (including phenoxy) is 1. The van der Waals surface area contributed by atoms with E-state index in [9.17, 15) is 9.90 Å². The molecular weight excluding hydrogens is 254 g/mol. The van der Waals surface area contributed by atoms with Gasteiger partial charge in [0.15, 0.2) is 6.10 Å². The quantitative estimate of drug-likeness (QED) is 0.866. The minimum absolute atomic E-state index is 0.0928. The van der Waals surface area contributed by atoms with Crippen LogP contribution >= 0.6 is 0 Å². The fourth-order valence-corrected chi connectivity index (χ4v) is 2.71. The van der Waals surface area contributed by atoms with Crippen molar-refractivity contribution in [1.29, 1.82) is 0 Å². The first kappa shape index (κ1) is 15.0. The smallest absolute Gasteiger partial charge is 0.253 e. The Morgan fingerprint density at radius 1 is 1.30 bits per heavy atom. The van der Waals surface area contributed by atoms with Crippen LogP contribution in [0.15, 0.2) is 30.3 Å². The summed E-state index contributed by atoms with van der Waals surface area (Å²) in [5, 5.41) is 12.4. The summed E-state index contributed by atoms with van der Waals surface area (Å²) in [7, 11) is 1.55. The summed E-state index contributed by atoms with van der Waals surface area (Å²) < 4.78 is 5.30. The highest BCUT2D eigenvalue weighted by Gasteiger charge is 2.23. The molecule has 0 saturated heterocycles. The molecule has 1 aliphatic carbocycles. The zero-order chi connectivity index (χ0) is 14.4. The molecule has 1 aliphatic rings. The lowest BCUT2D eigenvalue weighted by Gasteiger charge is -2.26. The lowest BCUT2D eigenvalue weighted by Crippen LogP contribution is -2.35. The summed E-state index contributed by atoms with van der Waals surface area (Å²) in [6.07, 6.45) is 2.93. The van der Waals surface area contributed by atoms with Crippen LogP contribution in [-0.2, 0) is 9.53 Å². The minimum atomic E-state index is -0.551. The molecule has 0 aliphatic heterocycles. The molecule has 1 saturated carbocycles. The zero-order valence-corrected chi connectivity index (χ0v) is 11.9. The van der Waals surface area contributed by atoms with Crippen LogP contribution in [0.5, 0.6) is 0 Å². The van der Waals surface area contributed by atoms with Crippen LogP contribution < -0.4 is 5.32 Å². The number of methoxy groups -OCH3 is 1. The van der Waals surface area contributed by atoms with Gasteiger partial charge in [0.1, 0.15) is 0 Å². The molecule has 4 heteroatoms. The van der Waals surface area contributed by atoms with E-state index in [-0.39, 0.29) is 12.0 Å². The average Bonchev–Trinajstić information content (AvgIpc) is 2.48. The Morgan fingerprint density at radius 2 is 1.95 bits per heavy atom. The second-order valence-electron chi connectivity index (χ2n) is 5.45. The van der Waals surface area contributed by atoms with Gasteiger partial charge in [0, 0.05) is 13.7 Å². The van der Waals surface area contributed by atoms with Crippen LogP contribution in [-0.4, -0.2) is 30.8 Å². The standard InChI is InChI=1S/C16H23NO3/c1-20-15(13-5-3-2-4-6-13)16(19)17-11-12-7-9-14(18)10-8-12/h2-6,12,14-15,18H,7-11H2,1H3,(H,17,19). The van der Waals surface area contributed by atoms with Gasteiger partial charge in [-0.1, -0.05) is 30.3 Å². The van der Waals surface area contributed by atoms with Crippen LogP contribution in [0, 0.1) is 5.92 Å². The molecule has 20 heavy (non-hydrogen) atoms. The molecule has 2 rings (SSSR count). The molecular formula is C16H23NO3. The number of aliphatic hydroxyl groups is 1. The van der Waals surface area contributed by atoms with E-state index in [0.717, 1.165) is 31.2 Å². The molecule has 4 nitrogen and oxygen atoms in total. The Balaban J connectivity index is 1.84. The van der Waals surface area contributed by atoms with Gasteiger partial charge in [0.05, 0.1) is 6.10 Å². The fourth-order valence-electron chi connectivity index (χ4n) is 2.71. The molecule has 110 valence electrons. The van der Waals surface area contributed by atoms with Gasteiger partial charge >= 0.3 is 0 Å². The van der Waals surface area contributed by atoms with Crippen LogP contribution in [0.4, 0.5) is 0 Å². The number of hydrogen-bond donors (Lipinski definition) is 2. The summed E-state index contributed by atoms with van der Waals surface area (Å²) in [6, 6.07) is 9.51. The number of aliphatic hydroxyl groups excluding tert-OH is 1. The predicted molar refractivity (Wildman–Crippen MR) is 77.2 cm³/mol. The first-order valence-electron chi connectivity index (χ1n) is 7.24. The van der Waals surface area contributed by atoms with Crippen molar-refractivity contribution in [2.75, 3.05) is 13.7 Å². The molecule has 1 unspecified atom stereocenters. The van der Waals surface area contributed by atoms with Crippen molar-refractivity contribution < 1.29 is 14.6 Å². The number of rotatable bonds is 5. The van der Waals surface area contributed by atoms with Gasteiger partial charge in [0.2, 0.25) is 0 Å². The summed E-state index contributed by atoms with van der Waals surface area (Å²) in [6.45, 7) is 0.665. The van der Waals surface area contributed by atoms with Gasteiger partial charge in [-0.15, -0.1) is 0 Å². The van der Waals surface area contributed by atoms with E-state index in [1.54, 1.807) is 7.11 Å². The highest BCUT2D eigenvalue weighted by molar-refractivity contribution is 5.82. The number of amides is 1. The number of benzene rings is 1. The molecule has 1 fully saturated rings. The predicted octanol–water partition coefficient (Wildman–Crippen LogP) is 2.04. The topological polar surface area (TPSA) is 58.6 Å². The summed E-state index contributed by atoms with van der Waals surface area (Å²) in [5.74, 6) is 0.375. The third kappa shape index (κ3) is 4.05. The van der Waals surface area contributed by atoms with Gasteiger partial charge in [-0.25, -0.2) is 0 Å². The van der Waals surface area contributed by atoms with E-state index in [1.165, 1.54) is 0 Å². The van der Waals surface area contributed by atoms with Crippen LogP contribution in [0.25, 0.3) is 0 Å². The van der Waals surface area contributed by atoms with Crippen molar-refractivity contribution in [2.24, 2.45) is 5.92 Å². The third-order valence-corrected chi connectivity index (χ3v) is 3.96. The summed E-state index contributed by atoms with van der Waals surface area (Å²) >= 11 is 0. The van der Waals surface area contributed by atoms with Crippen molar-refractivity contribution in [3.63, 3.8) is 0 Å². The molecule has 0 radical (unpaired) electrons. The van der Waals surface area contributed by atoms with Crippen molar-refractivity contribution in [3.05, 3.63) is 35.9 Å². The Bertz CT molecular complexity index is 413. The van der Waals surface area contributed by atoms with Gasteiger partial charge in [-0.3, -0.25) is 4.79 Å². The third-order valence-electron chi connectivity index (χ3n) is 3.96. The number of carbonyl (C=O) groups is 1. The second-order valence-corrected chi connectivity index (χ2v) is 5.45. The normalized spacial score (nSPS) is 24.1. The van der Waals surface area contributed by atoms with E-state index < -0.39 is 6.10 Å². The van der Waals surface area contributed by atoms with Crippen LogP contribution in [0.3, 0.4) is 0 Å². The van der Waals surface area contributed by atoms with Gasteiger partial charge in [-0.2, -0.15) is 0 Å². The molecule has 0 bridgehead atoms. The SMILES string of the molecule is COC(C(=O)NCC1CCC(O)CC1)c1ccccc1. The Morgan fingerprint density at radius 3 is 2.55 bits per heavy atom. The Hall–Kier alpha value is -1.39. The molecule has 0 spiro atoms. The van der Waals surface area contributed by atoms with Gasteiger partial charge in [0.25, 0.3) is 5.91 Å². The highest BCUT2D eigenvalue weighted by atomic mass is 16.5. The highest BCUT2D eigenvalue weighted by Crippen LogP contribution is 2.24. The number of carbonyl (C=O) groups excluding carboxylic acids is 1. The zero-order valence-electron chi connectivity index (χ0n) is 11.9. The number of nitrogens with one attached hydrogen (secondary N) is 1. The molecule has 1 aromatic carbocycles. The molecule has 1 amide bonds. The number of hydrogen-bond acceptors (Lipinski definition) is 3. The van der Waals surface area contributed by atoms with Gasteiger partial charge < -0.3 is 15.2 Å². The van der Waals surface area contributed by atoms with Crippen molar-refractivity contribution in [1.82, 2.24) is 5.32 Å². The molecule has 1 atom stereocenters. The van der Waals surface area contributed by atoms with E-state index in [2.05, 4.69) is 5.32 Å². The molecule has 0 heterocycles. The van der Waals surface area contributed by atoms with E-state index in [1.807, 2.05) is 30.3 Å². The van der Waals surface area contributed by atoms with Crippen molar-refractivity contribution in [2.45, 2.75) is 37.9 Å². The largest absolute Gasteiger partial charge is 0.393 e. The van der Waals surface area contributed by atoms with Crippen molar-refractivity contribution >= 4 is 5.91 Å². The first-order valence-corrected chi connectivity index (χ1v) is 7.24. The Labute approximate surface area is 120 Å². The molecule has 1 aromatic rings. The maximum Gasteiger partial charge on any atom is 0.253 e. The van der Waals surface area contributed by atoms with Gasteiger partial charge in [-0.05, 0) is 37.2 Å². The molecule has 2 N–H and O–H groups in total. The Kier molecular flexibility index (Phi) is 5.56. The maximum absolute atomic E-state index is 12.2. The van der Waals surface area contributed by atoms with E-state index >= 15 is 0 Å². The average molecular weight is 277 g/mol. The van der Waals surface area contributed by atoms with Crippen molar-refractivity contribution in [3.8, 4) is 0 Å². The lowest BCUT2D eigenvalue weighted by molar-refractivity contribution is -0.131. The van der Waals surface area contributed by atoms with Crippen LogP contribution in [0.2, 0.25) is 0 Å². The monoisotopic (exact) mass is 277 g/mol. The van der Waals surface area contributed by atoms with E-state index in [0.29, 0.717) is 12.5 Å². The van der Waals surface area contributed by atoms with Crippen LogP contribution in [0.1, 0.15) is 37.4 Å². The summed E-state index contributed by atoms with van der Waals surface area (Å²) in [4.78, 5) is 12.2. The molecule has 0 aromatic heterocycles. The minimum Gasteiger partial charge on any atom is -0.393 e. The first-order chi connectivity index (χ1) is 9.70. The lowest BCUT2D eigenvalue weighted by atomic mass is 9.87. The second kappa shape index (κ2) is 7.41. The van der Waals surface area contributed by atoms with E-state index in [4.69, 9.17) is 4.74 Å². The fraction of sp³-hybridized carbons (Fsp3) is 0.562.